The third kappa shape index (κ3) is 5.61. The van der Waals surface area contributed by atoms with Gasteiger partial charge in [0, 0.05) is 24.8 Å². The molecule has 0 radical (unpaired) electrons. The van der Waals surface area contributed by atoms with E-state index < -0.39 is 18.8 Å². The Bertz CT molecular complexity index is 741. The molecule has 7 nitrogen and oxygen atoms in total. The van der Waals surface area contributed by atoms with Gasteiger partial charge in [0.05, 0.1) is 18.8 Å². The van der Waals surface area contributed by atoms with E-state index in [-0.39, 0.29) is 42.6 Å². The van der Waals surface area contributed by atoms with Gasteiger partial charge in [-0.3, -0.25) is 19.4 Å². The summed E-state index contributed by atoms with van der Waals surface area (Å²) in [7, 11) is 0. The third-order valence-corrected chi connectivity index (χ3v) is 5.26. The number of amides is 4. The Morgan fingerprint density at radius 2 is 1.93 bits per heavy atom. The number of carbonyl (C=O) groups excluding carboxylic acids is 3. The van der Waals surface area contributed by atoms with Gasteiger partial charge in [-0.2, -0.15) is 13.2 Å². The van der Waals surface area contributed by atoms with Crippen LogP contribution in [0.15, 0.2) is 24.3 Å². The van der Waals surface area contributed by atoms with Crippen LogP contribution in [0.4, 0.5) is 28.4 Å². The average molecular weight is 416 g/mol. The monoisotopic (exact) mass is 416 g/mol. The second-order valence-electron chi connectivity index (χ2n) is 6.67. The summed E-state index contributed by atoms with van der Waals surface area (Å²) in [4.78, 5) is 37.7. The predicted octanol–water partition coefficient (Wildman–Crippen LogP) is 2.64. The fourth-order valence-electron chi connectivity index (χ4n) is 3.11. The number of alkyl halides is 3. The number of carbonyl (C=O) groups is 3. The van der Waals surface area contributed by atoms with Crippen LogP contribution in [0.3, 0.4) is 0 Å². The predicted molar refractivity (Wildman–Crippen MR) is 97.9 cm³/mol. The van der Waals surface area contributed by atoms with Crippen molar-refractivity contribution in [1.82, 2.24) is 15.1 Å². The molecule has 11 heteroatoms. The molecule has 28 heavy (non-hydrogen) atoms. The molecule has 2 heterocycles. The summed E-state index contributed by atoms with van der Waals surface area (Å²) < 4.78 is 37.2. The number of thioether (sulfide) groups is 1. The molecule has 1 aromatic carbocycles. The van der Waals surface area contributed by atoms with Crippen molar-refractivity contribution in [3.8, 4) is 0 Å². The summed E-state index contributed by atoms with van der Waals surface area (Å²) >= 11 is 0.969. The number of hydrogen-bond donors (Lipinski definition) is 2. The van der Waals surface area contributed by atoms with E-state index in [4.69, 9.17) is 0 Å². The van der Waals surface area contributed by atoms with Gasteiger partial charge in [0.1, 0.15) is 0 Å². The SMILES string of the molecule is O=C(Nc1ccc(CN2C(=O)CSC2=O)cc1)NC1CCN(CC(F)(F)F)C1. The van der Waals surface area contributed by atoms with Gasteiger partial charge in [0.15, 0.2) is 0 Å². The van der Waals surface area contributed by atoms with Crippen LogP contribution in [-0.4, -0.2) is 64.6 Å². The largest absolute Gasteiger partial charge is 0.401 e. The standard InChI is InChI=1S/C17H19F3N4O3S/c18-17(19,20)10-23-6-5-13(8-23)22-15(26)21-12-3-1-11(2-4-12)7-24-14(25)9-28-16(24)27/h1-4,13H,5-10H2,(H2,21,22,26). The van der Waals surface area contributed by atoms with Gasteiger partial charge in [0.25, 0.3) is 5.24 Å². The molecule has 4 amide bonds. The summed E-state index contributed by atoms with van der Waals surface area (Å²) in [5.41, 5.74) is 1.24. The second-order valence-corrected chi connectivity index (χ2v) is 7.59. The van der Waals surface area contributed by atoms with Crippen LogP contribution in [0.25, 0.3) is 0 Å². The van der Waals surface area contributed by atoms with Crippen molar-refractivity contribution in [2.75, 3.05) is 30.7 Å². The Morgan fingerprint density at radius 1 is 1.21 bits per heavy atom. The molecule has 0 bridgehead atoms. The molecule has 2 fully saturated rings. The first-order valence-corrected chi connectivity index (χ1v) is 9.61. The second kappa shape index (κ2) is 8.39. The Morgan fingerprint density at radius 3 is 2.54 bits per heavy atom. The highest BCUT2D eigenvalue weighted by Crippen LogP contribution is 2.22. The summed E-state index contributed by atoms with van der Waals surface area (Å²) in [6.45, 7) is -0.365. The van der Waals surface area contributed by atoms with Crippen LogP contribution >= 0.6 is 11.8 Å². The number of nitrogens with one attached hydrogen (secondary N) is 2. The van der Waals surface area contributed by atoms with Crippen LogP contribution < -0.4 is 10.6 Å². The van der Waals surface area contributed by atoms with E-state index >= 15 is 0 Å². The number of anilines is 1. The minimum absolute atomic E-state index is 0.153. The summed E-state index contributed by atoms with van der Waals surface area (Å²) in [6, 6.07) is 5.83. The molecule has 3 rings (SSSR count). The van der Waals surface area contributed by atoms with Crippen molar-refractivity contribution in [3.63, 3.8) is 0 Å². The van der Waals surface area contributed by atoms with Crippen molar-refractivity contribution in [2.24, 2.45) is 0 Å². The first-order chi connectivity index (χ1) is 13.2. The molecule has 2 aliphatic heterocycles. The molecule has 0 saturated carbocycles. The summed E-state index contributed by atoms with van der Waals surface area (Å²) in [6.07, 6.45) is -3.79. The molecule has 2 N–H and O–H groups in total. The lowest BCUT2D eigenvalue weighted by Gasteiger charge is -2.18. The van der Waals surface area contributed by atoms with E-state index in [1.165, 1.54) is 9.80 Å². The molecule has 0 aliphatic carbocycles. The van der Waals surface area contributed by atoms with Gasteiger partial charge >= 0.3 is 12.2 Å². The molecule has 0 spiro atoms. The number of rotatable bonds is 5. The number of hydrogen-bond acceptors (Lipinski definition) is 5. The normalized spacial score (nSPS) is 20.7. The molecular weight excluding hydrogens is 397 g/mol. The maximum absolute atomic E-state index is 12.4. The van der Waals surface area contributed by atoms with E-state index in [9.17, 15) is 27.6 Å². The van der Waals surface area contributed by atoms with Crippen LogP contribution in [0.2, 0.25) is 0 Å². The lowest BCUT2D eigenvalue weighted by atomic mass is 10.2. The molecule has 1 unspecified atom stereocenters. The Kier molecular flexibility index (Phi) is 6.14. The number of benzene rings is 1. The van der Waals surface area contributed by atoms with E-state index in [2.05, 4.69) is 10.6 Å². The van der Waals surface area contributed by atoms with Crippen LogP contribution in [0.5, 0.6) is 0 Å². The highest BCUT2D eigenvalue weighted by molar-refractivity contribution is 8.14. The highest BCUT2D eigenvalue weighted by atomic mass is 32.2. The maximum Gasteiger partial charge on any atom is 0.401 e. The molecule has 0 aromatic heterocycles. The molecular formula is C17H19F3N4O3S. The smallest absolute Gasteiger partial charge is 0.334 e. The fourth-order valence-corrected chi connectivity index (χ4v) is 3.84. The first kappa shape index (κ1) is 20.5. The lowest BCUT2D eigenvalue weighted by molar-refractivity contribution is -0.143. The van der Waals surface area contributed by atoms with Gasteiger partial charge in [0.2, 0.25) is 5.91 Å². The number of likely N-dealkylation sites (tertiary alicyclic amines) is 1. The van der Waals surface area contributed by atoms with E-state index in [1.807, 2.05) is 0 Å². The van der Waals surface area contributed by atoms with Crippen LogP contribution in [0.1, 0.15) is 12.0 Å². The summed E-state index contributed by atoms with van der Waals surface area (Å²) in [5, 5.41) is 5.02. The number of nitrogens with zero attached hydrogens (tertiary/aromatic N) is 2. The number of halogens is 3. The lowest BCUT2D eigenvalue weighted by Crippen LogP contribution is -2.41. The summed E-state index contributed by atoms with van der Waals surface area (Å²) in [5.74, 6) is -0.0760. The van der Waals surface area contributed by atoms with Gasteiger partial charge in [-0.15, -0.1) is 0 Å². The van der Waals surface area contributed by atoms with Gasteiger partial charge in [-0.05, 0) is 24.1 Å². The molecule has 152 valence electrons. The fraction of sp³-hybridized carbons (Fsp3) is 0.471. The van der Waals surface area contributed by atoms with Crippen molar-refractivity contribution in [1.29, 1.82) is 0 Å². The van der Waals surface area contributed by atoms with Crippen molar-refractivity contribution in [2.45, 2.75) is 25.2 Å². The van der Waals surface area contributed by atoms with Gasteiger partial charge < -0.3 is 10.6 Å². The molecule has 2 saturated heterocycles. The molecule has 1 atom stereocenters. The quantitative estimate of drug-likeness (QED) is 0.771. The van der Waals surface area contributed by atoms with Gasteiger partial charge in [-0.25, -0.2) is 4.79 Å². The zero-order chi connectivity index (χ0) is 20.3. The van der Waals surface area contributed by atoms with Crippen molar-refractivity contribution in [3.05, 3.63) is 29.8 Å². The van der Waals surface area contributed by atoms with Gasteiger partial charge in [-0.1, -0.05) is 23.9 Å². The zero-order valence-corrected chi connectivity index (χ0v) is 15.6. The Labute approximate surface area is 163 Å². The zero-order valence-electron chi connectivity index (χ0n) is 14.8. The number of imide groups is 1. The van der Waals surface area contributed by atoms with E-state index in [0.717, 1.165) is 17.3 Å². The highest BCUT2D eigenvalue weighted by Gasteiger charge is 2.34. The van der Waals surface area contributed by atoms with Crippen LogP contribution in [-0.2, 0) is 11.3 Å². The molecule has 1 aromatic rings. The maximum atomic E-state index is 12.4. The van der Waals surface area contributed by atoms with Crippen molar-refractivity contribution >= 4 is 34.6 Å². The Balaban J connectivity index is 1.46. The van der Waals surface area contributed by atoms with Crippen molar-refractivity contribution < 1.29 is 27.6 Å². The van der Waals surface area contributed by atoms with E-state index in [0.29, 0.717) is 12.1 Å². The minimum Gasteiger partial charge on any atom is -0.334 e. The first-order valence-electron chi connectivity index (χ1n) is 8.62. The topological polar surface area (TPSA) is 81.8 Å². The van der Waals surface area contributed by atoms with E-state index in [1.54, 1.807) is 24.3 Å². The van der Waals surface area contributed by atoms with Crippen LogP contribution in [0, 0.1) is 0 Å². The Hall–Kier alpha value is -2.27. The average Bonchev–Trinajstić information content (AvgIpc) is 3.15. The molecule has 2 aliphatic rings. The third-order valence-electron chi connectivity index (χ3n) is 4.40. The number of urea groups is 1. The minimum atomic E-state index is -4.25.